The maximum absolute atomic E-state index is 2.52. The van der Waals surface area contributed by atoms with E-state index in [9.17, 15) is 0 Å². The number of benzene rings is 9. The minimum Gasteiger partial charge on any atom is -0.353 e. The van der Waals surface area contributed by atoms with Gasteiger partial charge in [0.25, 0.3) is 0 Å². The van der Waals surface area contributed by atoms with Gasteiger partial charge in [-0.05, 0) is 230 Å². The summed E-state index contributed by atoms with van der Waals surface area (Å²) in [5.41, 5.74) is 27.2. The number of para-hydroxylation sites is 12. The van der Waals surface area contributed by atoms with E-state index >= 15 is 0 Å². The lowest BCUT2D eigenvalue weighted by molar-refractivity contribution is 0.603. The highest BCUT2D eigenvalue weighted by molar-refractivity contribution is 5.94. The van der Waals surface area contributed by atoms with Crippen molar-refractivity contribution in [3.63, 3.8) is 0 Å². The Bertz CT molecular complexity index is 3940. The molecule has 0 fully saturated rings. The number of anilines is 18. The van der Waals surface area contributed by atoms with Crippen LogP contribution in [0.25, 0.3) is 0 Å². The molecule has 15 rings (SSSR count). The van der Waals surface area contributed by atoms with E-state index in [1.165, 1.54) is 119 Å². The van der Waals surface area contributed by atoms with Crippen molar-refractivity contribution in [2.24, 2.45) is 0 Å². The van der Waals surface area contributed by atoms with Gasteiger partial charge in [-0.15, -0.1) is 0 Å². The van der Waals surface area contributed by atoms with Crippen molar-refractivity contribution in [2.45, 2.75) is 153 Å². The van der Waals surface area contributed by atoms with Crippen LogP contribution in [0.2, 0.25) is 0 Å². The zero-order chi connectivity index (χ0) is 65.4. The van der Waals surface area contributed by atoms with E-state index in [1.54, 1.807) is 0 Å². The van der Waals surface area contributed by atoms with Crippen LogP contribution in [-0.4, -0.2) is 76.3 Å². The van der Waals surface area contributed by atoms with Gasteiger partial charge in [-0.1, -0.05) is 91.0 Å². The summed E-state index contributed by atoms with van der Waals surface area (Å²) in [7, 11) is 4.35. The highest BCUT2D eigenvalue weighted by Gasteiger charge is 2.42. The normalized spacial score (nSPS) is 19.9. The molecule has 0 radical (unpaired) electrons. The monoisotopic (exact) mass is 1240 g/mol. The highest BCUT2D eigenvalue weighted by atomic mass is 15.5. The molecule has 0 bridgehead atoms. The van der Waals surface area contributed by atoms with Gasteiger partial charge in [0.1, 0.15) is 37.0 Å². The fourth-order valence-corrected chi connectivity index (χ4v) is 16.5. The van der Waals surface area contributed by atoms with Gasteiger partial charge in [-0.25, -0.2) is 0 Å². The van der Waals surface area contributed by atoms with Gasteiger partial charge in [0.05, 0.1) is 68.2 Å². The third-order valence-electron chi connectivity index (χ3n) is 21.0. The van der Waals surface area contributed by atoms with E-state index in [2.05, 4.69) is 377 Å². The lowest BCUT2D eigenvalue weighted by atomic mass is 10.1. The minimum atomic E-state index is 0.256. The van der Waals surface area contributed by atoms with Crippen molar-refractivity contribution in [3.8, 4) is 0 Å². The fourth-order valence-electron chi connectivity index (χ4n) is 16.5. The van der Waals surface area contributed by atoms with E-state index < -0.39 is 0 Å². The largest absolute Gasteiger partial charge is 0.353 e. The Kier molecular flexibility index (Phi) is 16.7. The fraction of sp³-hybridized carbons (Fsp3) is 0.333. The van der Waals surface area contributed by atoms with Gasteiger partial charge >= 0.3 is 0 Å². The van der Waals surface area contributed by atoms with Crippen LogP contribution in [0.5, 0.6) is 0 Å². The molecule has 0 saturated heterocycles. The number of hydrogen-bond donors (Lipinski definition) is 0. The molecular formula is C81H96N12. The van der Waals surface area contributed by atoms with E-state index in [0.29, 0.717) is 12.1 Å². The molecular weight excluding hydrogens is 1140 g/mol. The van der Waals surface area contributed by atoms with Gasteiger partial charge in [0.15, 0.2) is 0 Å². The molecule has 12 heteroatoms. The van der Waals surface area contributed by atoms with Crippen molar-refractivity contribution in [1.29, 1.82) is 0 Å². The summed E-state index contributed by atoms with van der Waals surface area (Å²) < 4.78 is 0. The van der Waals surface area contributed by atoms with Gasteiger partial charge in [0, 0.05) is 73.4 Å². The van der Waals surface area contributed by atoms with Crippen molar-refractivity contribution in [1.82, 2.24) is 0 Å². The lowest BCUT2D eigenvalue weighted by Crippen LogP contribution is -2.43. The van der Waals surface area contributed by atoms with Crippen molar-refractivity contribution in [3.05, 3.63) is 217 Å². The van der Waals surface area contributed by atoms with Gasteiger partial charge < -0.3 is 58.8 Å². The molecule has 6 aliphatic rings. The Morgan fingerprint density at radius 2 is 0.441 bits per heavy atom. The molecule has 9 aromatic carbocycles. The Labute approximate surface area is 555 Å². The van der Waals surface area contributed by atoms with Crippen LogP contribution in [0.1, 0.15) is 99.8 Å². The van der Waals surface area contributed by atoms with E-state index in [4.69, 9.17) is 0 Å². The molecule has 9 aromatic rings. The summed E-state index contributed by atoms with van der Waals surface area (Å²) in [6.07, 6.45) is 1.62. The highest BCUT2D eigenvalue weighted by Crippen LogP contribution is 2.54. The molecule has 0 unspecified atom stereocenters. The zero-order valence-electron chi connectivity index (χ0n) is 58.0. The smallest absolute Gasteiger partial charge is 0.104 e. The molecule has 93 heavy (non-hydrogen) atoms. The summed E-state index contributed by atoms with van der Waals surface area (Å²) in [4.78, 5) is 29.7. The SMILES string of the molecule is CCN1c2ccccc2N(c2cccc(N3c4ccccc4N(CC)[C@@H]3C)c2C)[C@@H]1C.Cc1c(N2c3ccccc3N(C(C)C)[C@@H]2C)cccc1N1c2ccccc2N(C(C)C)[C@H]1C.Cc1c(N2c3ccccc3N(C)[C@H]2C)cccc1N1c2ccccc2N(C)[C@@H]1C. The molecule has 6 heterocycles. The first-order valence-electron chi connectivity index (χ1n) is 34.1. The number of rotatable bonds is 10. The third kappa shape index (κ3) is 10.1. The molecule has 0 aromatic heterocycles. The Morgan fingerprint density at radius 3 is 0.699 bits per heavy atom. The predicted octanol–water partition coefficient (Wildman–Crippen LogP) is 19.9. The van der Waals surface area contributed by atoms with Crippen molar-refractivity contribution < 1.29 is 0 Å². The minimum absolute atomic E-state index is 0.256. The molecule has 6 atom stereocenters. The molecule has 6 aliphatic heterocycles. The topological polar surface area (TPSA) is 38.9 Å². The zero-order valence-corrected chi connectivity index (χ0v) is 58.0. The van der Waals surface area contributed by atoms with Crippen LogP contribution in [0.15, 0.2) is 200 Å². The average Bonchev–Trinajstić information content (AvgIpc) is 1.63. The van der Waals surface area contributed by atoms with Gasteiger partial charge in [0.2, 0.25) is 0 Å². The van der Waals surface area contributed by atoms with E-state index in [1.807, 2.05) is 0 Å². The summed E-state index contributed by atoms with van der Waals surface area (Å²) in [5, 5.41) is 0. The second-order valence-electron chi connectivity index (χ2n) is 26.5. The summed E-state index contributed by atoms with van der Waals surface area (Å²) >= 11 is 0. The van der Waals surface area contributed by atoms with E-state index in [0.717, 1.165) is 13.1 Å². The number of nitrogens with zero attached hydrogens (tertiary/aromatic N) is 12. The first kappa shape index (κ1) is 62.4. The van der Waals surface area contributed by atoms with Crippen LogP contribution in [0, 0.1) is 20.8 Å². The summed E-state index contributed by atoms with van der Waals surface area (Å²) in [5.74, 6) is 0. The molecule has 0 aliphatic carbocycles. The van der Waals surface area contributed by atoms with Crippen molar-refractivity contribution in [2.75, 3.05) is 86.0 Å². The van der Waals surface area contributed by atoms with Crippen LogP contribution in [-0.2, 0) is 0 Å². The second-order valence-corrected chi connectivity index (χ2v) is 26.5. The van der Waals surface area contributed by atoms with Crippen LogP contribution < -0.4 is 58.8 Å². The quantitative estimate of drug-likeness (QED) is 0.131. The molecule has 0 N–H and O–H groups in total. The maximum Gasteiger partial charge on any atom is 0.104 e. The molecule has 12 nitrogen and oxygen atoms in total. The Hall–Kier alpha value is -9.42. The predicted molar refractivity (Wildman–Crippen MR) is 400 cm³/mol. The molecule has 0 spiro atoms. The number of hydrogen-bond acceptors (Lipinski definition) is 12. The van der Waals surface area contributed by atoms with Crippen LogP contribution in [0.4, 0.5) is 102 Å². The third-order valence-corrected chi connectivity index (χ3v) is 21.0. The number of fused-ring (bicyclic) bond motifs is 6. The first-order valence-corrected chi connectivity index (χ1v) is 34.1. The van der Waals surface area contributed by atoms with Crippen LogP contribution in [0.3, 0.4) is 0 Å². The molecule has 0 amide bonds. The Balaban J connectivity index is 0.000000127. The average molecular weight is 1240 g/mol. The maximum atomic E-state index is 2.52. The summed E-state index contributed by atoms with van der Waals surface area (Å²) in [6, 6.07) is 73.7. The first-order chi connectivity index (χ1) is 44.9. The standard InChI is InChI=1S/C29H36N4.C27H32N4.C25H28N4/c1-19(2)30-22(6)32(28-15-10-8-13-26(28)30)24-17-12-18-25(21(24)5)33-23(7)31(20(3)4)27-14-9-11-16-29(27)33;1-6-28-20(4)30(26-15-10-8-13-24(26)28)22-17-12-18-23(19(22)3)31-21(5)29(7-2)25-14-9-11-16-27(25)31;1-17-20(28-18(2)26(4)22-11-6-8-13-24(22)28)15-10-16-21(17)29-19(3)27(5)23-12-7-9-14-25(23)29/h8-20,22-23H,1-7H3;8-18,20-21H,6-7H2,1-5H3;6-16,18-19H,1-5H3/t22-,23+;20-,21+;18-,19+. The Morgan fingerprint density at radius 1 is 0.247 bits per heavy atom. The molecule has 480 valence electrons. The van der Waals surface area contributed by atoms with Gasteiger partial charge in [-0.2, -0.15) is 0 Å². The van der Waals surface area contributed by atoms with Crippen LogP contribution >= 0.6 is 0 Å². The van der Waals surface area contributed by atoms with Crippen molar-refractivity contribution >= 4 is 102 Å². The summed E-state index contributed by atoms with van der Waals surface area (Å²) in [6.45, 7) is 36.2. The lowest BCUT2D eigenvalue weighted by Gasteiger charge is -2.36. The second kappa shape index (κ2) is 24.9. The van der Waals surface area contributed by atoms with E-state index in [-0.39, 0.29) is 37.0 Å². The van der Waals surface area contributed by atoms with Gasteiger partial charge in [-0.3, -0.25) is 0 Å². The molecule has 0 saturated carbocycles.